The minimum atomic E-state index is -1.12. The van der Waals surface area contributed by atoms with Crippen molar-refractivity contribution < 1.29 is 19.8 Å². The van der Waals surface area contributed by atoms with Gasteiger partial charge in [-0.25, -0.2) is 4.79 Å². The van der Waals surface area contributed by atoms with E-state index < -0.39 is 5.97 Å². The SMILES string of the molecule is CC1(c2cc(C(=O)c3ccccc3C(=O)O)ccc2O)CCCCC1. The van der Waals surface area contributed by atoms with Gasteiger partial charge in [0.15, 0.2) is 5.78 Å². The third-order valence-electron chi connectivity index (χ3n) is 5.27. The highest BCUT2D eigenvalue weighted by atomic mass is 16.4. The Morgan fingerprint density at radius 1 is 0.960 bits per heavy atom. The zero-order chi connectivity index (χ0) is 18.0. The van der Waals surface area contributed by atoms with Gasteiger partial charge in [0.2, 0.25) is 0 Å². The van der Waals surface area contributed by atoms with Crippen LogP contribution in [0.3, 0.4) is 0 Å². The lowest BCUT2D eigenvalue weighted by Gasteiger charge is -2.34. The van der Waals surface area contributed by atoms with Crippen molar-refractivity contribution in [1.82, 2.24) is 0 Å². The number of aromatic carboxylic acids is 1. The van der Waals surface area contributed by atoms with Gasteiger partial charge in [0.1, 0.15) is 5.75 Å². The first kappa shape index (κ1) is 17.2. The molecule has 1 aliphatic carbocycles. The molecular weight excluding hydrogens is 316 g/mol. The number of carbonyl (C=O) groups is 2. The topological polar surface area (TPSA) is 74.6 Å². The van der Waals surface area contributed by atoms with Crippen molar-refractivity contribution in [2.45, 2.75) is 44.4 Å². The number of carboxylic acid groups (broad SMARTS) is 1. The smallest absolute Gasteiger partial charge is 0.336 e. The molecule has 1 saturated carbocycles. The van der Waals surface area contributed by atoms with Crippen LogP contribution in [0.1, 0.15) is 70.9 Å². The maximum Gasteiger partial charge on any atom is 0.336 e. The molecule has 2 aromatic carbocycles. The second-order valence-corrected chi connectivity index (χ2v) is 7.03. The Kier molecular flexibility index (Phi) is 4.62. The maximum atomic E-state index is 12.9. The summed E-state index contributed by atoms with van der Waals surface area (Å²) < 4.78 is 0. The molecule has 0 bridgehead atoms. The van der Waals surface area contributed by atoms with Gasteiger partial charge in [-0.15, -0.1) is 0 Å². The second-order valence-electron chi connectivity index (χ2n) is 7.03. The summed E-state index contributed by atoms with van der Waals surface area (Å²) in [6.07, 6.45) is 5.36. The summed E-state index contributed by atoms with van der Waals surface area (Å²) in [6, 6.07) is 11.1. The molecule has 0 amide bonds. The van der Waals surface area contributed by atoms with Gasteiger partial charge in [-0.2, -0.15) is 0 Å². The molecule has 4 heteroatoms. The molecule has 1 fully saturated rings. The van der Waals surface area contributed by atoms with Gasteiger partial charge in [-0.05, 0) is 42.5 Å². The highest BCUT2D eigenvalue weighted by molar-refractivity contribution is 6.14. The van der Waals surface area contributed by atoms with Crippen LogP contribution >= 0.6 is 0 Å². The molecule has 2 aromatic rings. The minimum Gasteiger partial charge on any atom is -0.508 e. The number of aromatic hydroxyl groups is 1. The predicted molar refractivity (Wildman–Crippen MR) is 95.4 cm³/mol. The molecular formula is C21H22O4. The van der Waals surface area contributed by atoms with Crippen LogP contribution in [0, 0.1) is 0 Å². The number of ketones is 1. The largest absolute Gasteiger partial charge is 0.508 e. The van der Waals surface area contributed by atoms with E-state index in [1.54, 1.807) is 30.3 Å². The summed E-state index contributed by atoms with van der Waals surface area (Å²) in [5, 5.41) is 19.7. The highest BCUT2D eigenvalue weighted by Gasteiger charge is 2.32. The van der Waals surface area contributed by atoms with E-state index in [-0.39, 0.29) is 28.1 Å². The van der Waals surface area contributed by atoms with Crippen molar-refractivity contribution in [1.29, 1.82) is 0 Å². The highest BCUT2D eigenvalue weighted by Crippen LogP contribution is 2.43. The Morgan fingerprint density at radius 2 is 1.60 bits per heavy atom. The summed E-state index contributed by atoms with van der Waals surface area (Å²) >= 11 is 0. The lowest BCUT2D eigenvalue weighted by atomic mass is 9.70. The molecule has 130 valence electrons. The third kappa shape index (κ3) is 3.29. The number of phenolic OH excluding ortho intramolecular Hbond substituents is 1. The molecule has 4 nitrogen and oxygen atoms in total. The average Bonchev–Trinajstić information content (AvgIpc) is 2.62. The maximum absolute atomic E-state index is 12.9. The summed E-state index contributed by atoms with van der Waals surface area (Å²) in [5.74, 6) is -1.26. The number of hydrogen-bond acceptors (Lipinski definition) is 3. The van der Waals surface area contributed by atoms with Crippen LogP contribution in [0.4, 0.5) is 0 Å². The monoisotopic (exact) mass is 338 g/mol. The van der Waals surface area contributed by atoms with Crippen LogP contribution in [-0.4, -0.2) is 22.0 Å². The Labute approximate surface area is 147 Å². The van der Waals surface area contributed by atoms with E-state index in [1.165, 1.54) is 18.6 Å². The fourth-order valence-electron chi connectivity index (χ4n) is 3.79. The van der Waals surface area contributed by atoms with Crippen LogP contribution in [-0.2, 0) is 5.41 Å². The van der Waals surface area contributed by atoms with E-state index in [0.717, 1.165) is 31.2 Å². The number of carbonyl (C=O) groups excluding carboxylic acids is 1. The summed E-state index contributed by atoms with van der Waals surface area (Å²) in [4.78, 5) is 24.3. The molecule has 0 spiro atoms. The lowest BCUT2D eigenvalue weighted by molar-refractivity contribution is 0.0692. The standard InChI is InChI=1S/C21H22O4/c1-21(11-5-2-6-12-21)17-13-14(9-10-18(17)22)19(23)15-7-3-4-8-16(15)20(24)25/h3-4,7-10,13,22H,2,5-6,11-12H2,1H3,(H,24,25). The Hall–Kier alpha value is -2.62. The molecule has 0 heterocycles. The van der Waals surface area contributed by atoms with E-state index in [0.29, 0.717) is 5.56 Å². The molecule has 0 aromatic heterocycles. The third-order valence-corrected chi connectivity index (χ3v) is 5.27. The van der Waals surface area contributed by atoms with Crippen molar-refractivity contribution in [2.75, 3.05) is 0 Å². The number of benzene rings is 2. The first-order chi connectivity index (χ1) is 11.9. The van der Waals surface area contributed by atoms with Gasteiger partial charge in [0.05, 0.1) is 5.56 Å². The molecule has 25 heavy (non-hydrogen) atoms. The number of hydrogen-bond donors (Lipinski definition) is 2. The Bertz CT molecular complexity index is 816. The van der Waals surface area contributed by atoms with Gasteiger partial charge >= 0.3 is 5.97 Å². The zero-order valence-electron chi connectivity index (χ0n) is 14.3. The molecule has 3 rings (SSSR count). The van der Waals surface area contributed by atoms with Crippen molar-refractivity contribution in [3.05, 3.63) is 64.7 Å². The van der Waals surface area contributed by atoms with Crippen molar-refractivity contribution in [2.24, 2.45) is 0 Å². The fourth-order valence-corrected chi connectivity index (χ4v) is 3.79. The van der Waals surface area contributed by atoms with Crippen molar-refractivity contribution in [3.8, 4) is 5.75 Å². The van der Waals surface area contributed by atoms with E-state index in [9.17, 15) is 19.8 Å². The van der Waals surface area contributed by atoms with Crippen molar-refractivity contribution >= 4 is 11.8 Å². The van der Waals surface area contributed by atoms with Gasteiger partial charge in [-0.3, -0.25) is 4.79 Å². The van der Waals surface area contributed by atoms with Gasteiger partial charge in [0.25, 0.3) is 0 Å². The normalized spacial score (nSPS) is 16.4. The first-order valence-electron chi connectivity index (χ1n) is 8.63. The number of rotatable bonds is 4. The number of carboxylic acids is 1. The van der Waals surface area contributed by atoms with Gasteiger partial charge in [-0.1, -0.05) is 44.4 Å². The molecule has 0 atom stereocenters. The number of phenols is 1. The van der Waals surface area contributed by atoms with E-state index >= 15 is 0 Å². The van der Waals surface area contributed by atoms with Gasteiger partial charge in [0, 0.05) is 16.7 Å². The molecule has 1 aliphatic rings. The first-order valence-corrected chi connectivity index (χ1v) is 8.63. The van der Waals surface area contributed by atoms with E-state index in [4.69, 9.17) is 0 Å². The lowest BCUT2D eigenvalue weighted by Crippen LogP contribution is -2.25. The Balaban J connectivity index is 2.03. The molecule has 0 unspecified atom stereocenters. The van der Waals surface area contributed by atoms with Crippen LogP contribution in [0.15, 0.2) is 42.5 Å². The fraction of sp³-hybridized carbons (Fsp3) is 0.333. The quantitative estimate of drug-likeness (QED) is 0.802. The predicted octanol–water partition coefficient (Wildman–Crippen LogP) is 4.54. The van der Waals surface area contributed by atoms with Crippen LogP contribution < -0.4 is 0 Å². The molecule has 0 saturated heterocycles. The molecule has 2 N–H and O–H groups in total. The average molecular weight is 338 g/mol. The van der Waals surface area contributed by atoms with Crippen molar-refractivity contribution in [3.63, 3.8) is 0 Å². The summed E-state index contributed by atoms with van der Waals surface area (Å²) in [5.41, 5.74) is 1.20. The van der Waals surface area contributed by atoms with Crippen LogP contribution in [0.5, 0.6) is 5.75 Å². The summed E-state index contributed by atoms with van der Waals surface area (Å²) in [7, 11) is 0. The minimum absolute atomic E-state index is 0.00833. The van der Waals surface area contributed by atoms with Gasteiger partial charge < -0.3 is 10.2 Å². The molecule has 0 radical (unpaired) electrons. The van der Waals surface area contributed by atoms with Crippen LogP contribution in [0.25, 0.3) is 0 Å². The zero-order valence-corrected chi connectivity index (χ0v) is 14.3. The second kappa shape index (κ2) is 6.71. The van der Waals surface area contributed by atoms with E-state index in [2.05, 4.69) is 6.92 Å². The van der Waals surface area contributed by atoms with Crippen LogP contribution in [0.2, 0.25) is 0 Å². The summed E-state index contributed by atoms with van der Waals surface area (Å²) in [6.45, 7) is 2.13. The Morgan fingerprint density at radius 3 is 2.24 bits per heavy atom. The van der Waals surface area contributed by atoms with E-state index in [1.807, 2.05) is 0 Å². The molecule has 0 aliphatic heterocycles.